The van der Waals surface area contributed by atoms with Crippen molar-refractivity contribution < 1.29 is 9.59 Å². The first-order chi connectivity index (χ1) is 16.5. The maximum absolute atomic E-state index is 13.7. The first-order valence-electron chi connectivity index (χ1n) is 11.7. The minimum absolute atomic E-state index is 0.0682. The van der Waals surface area contributed by atoms with Crippen LogP contribution in [0.3, 0.4) is 0 Å². The minimum atomic E-state index is -0.111. The van der Waals surface area contributed by atoms with Crippen molar-refractivity contribution in [3.8, 4) is 0 Å². The summed E-state index contributed by atoms with van der Waals surface area (Å²) in [7, 11) is 3.85. The Labute approximate surface area is 201 Å². The lowest BCUT2D eigenvalue weighted by molar-refractivity contribution is -0.115. The van der Waals surface area contributed by atoms with Crippen molar-refractivity contribution in [1.82, 2.24) is 10.6 Å². The summed E-state index contributed by atoms with van der Waals surface area (Å²) in [6.07, 6.45) is 1.96. The van der Waals surface area contributed by atoms with E-state index in [1.54, 1.807) is 24.3 Å². The molecule has 176 valence electrons. The summed E-state index contributed by atoms with van der Waals surface area (Å²) in [5, 5.41) is 9.64. The number of para-hydroxylation sites is 1. The molecule has 2 atom stereocenters. The molecular weight excluding hydrogens is 424 g/mol. The molecule has 3 aromatic carbocycles. The highest BCUT2D eigenvalue weighted by Gasteiger charge is 2.32. The number of hydrogen-bond donors (Lipinski definition) is 3. The molecule has 1 aliphatic heterocycles. The summed E-state index contributed by atoms with van der Waals surface area (Å²) in [6.45, 7) is 2.00. The van der Waals surface area contributed by atoms with Crippen molar-refractivity contribution >= 4 is 23.2 Å². The Balaban J connectivity index is 1.53. The lowest BCUT2D eigenvalue weighted by Crippen LogP contribution is -2.47. The number of amides is 2. The molecule has 0 radical (unpaired) electrons. The zero-order valence-electron chi connectivity index (χ0n) is 20.0. The summed E-state index contributed by atoms with van der Waals surface area (Å²) in [5.74, 6) is -0.149. The van der Waals surface area contributed by atoms with E-state index in [4.69, 9.17) is 0 Å². The molecule has 2 amide bonds. The summed E-state index contributed by atoms with van der Waals surface area (Å²) in [6, 6.07) is 23.3. The van der Waals surface area contributed by atoms with E-state index >= 15 is 0 Å². The molecule has 0 spiro atoms. The average Bonchev–Trinajstić information content (AvgIpc) is 3.02. The van der Waals surface area contributed by atoms with E-state index in [2.05, 4.69) is 22.0 Å². The van der Waals surface area contributed by atoms with E-state index in [1.165, 1.54) is 0 Å². The minimum Gasteiger partial charge on any atom is -0.326 e. The Morgan fingerprint density at radius 3 is 2.29 bits per heavy atom. The Hall–Kier alpha value is -3.48. The first-order valence-corrected chi connectivity index (χ1v) is 11.7. The highest BCUT2D eigenvalue weighted by Crippen LogP contribution is 2.35. The van der Waals surface area contributed by atoms with Crippen LogP contribution in [-0.2, 0) is 11.2 Å². The molecule has 6 nitrogen and oxygen atoms in total. The van der Waals surface area contributed by atoms with Crippen molar-refractivity contribution in [1.29, 1.82) is 0 Å². The molecular formula is C28H32N4O2. The third-order valence-corrected chi connectivity index (χ3v) is 6.54. The maximum atomic E-state index is 13.7. The Bertz CT molecular complexity index is 1160. The molecule has 6 heteroatoms. The standard InChI is InChI=1S/C28H32N4O2/c1-19-8-4-5-9-21(19)18-27(33)31-22-14-12-20(13-15-22)28(34)32-25-11-7-6-10-23(25)24(29-2)16-17-26(32)30-3/h4-15,24,26,29-30H,16-18H2,1-3H3,(H,31,33). The van der Waals surface area contributed by atoms with Gasteiger partial charge in [0.15, 0.2) is 0 Å². The van der Waals surface area contributed by atoms with E-state index in [0.29, 0.717) is 17.7 Å². The van der Waals surface area contributed by atoms with Gasteiger partial charge in [0, 0.05) is 17.3 Å². The van der Waals surface area contributed by atoms with Crippen LogP contribution in [0.25, 0.3) is 0 Å². The van der Waals surface area contributed by atoms with Crippen LogP contribution in [0, 0.1) is 6.92 Å². The van der Waals surface area contributed by atoms with Gasteiger partial charge in [-0.15, -0.1) is 0 Å². The van der Waals surface area contributed by atoms with Gasteiger partial charge in [0.05, 0.1) is 18.3 Å². The predicted molar refractivity (Wildman–Crippen MR) is 137 cm³/mol. The second-order valence-electron chi connectivity index (χ2n) is 8.69. The number of fused-ring (bicyclic) bond motifs is 1. The molecule has 0 aliphatic carbocycles. The van der Waals surface area contributed by atoms with Gasteiger partial charge in [-0.25, -0.2) is 0 Å². The van der Waals surface area contributed by atoms with Crippen LogP contribution in [0.4, 0.5) is 11.4 Å². The second kappa shape index (κ2) is 10.6. The van der Waals surface area contributed by atoms with Crippen molar-refractivity contribution in [3.05, 3.63) is 95.1 Å². The van der Waals surface area contributed by atoms with Gasteiger partial charge >= 0.3 is 0 Å². The van der Waals surface area contributed by atoms with Gasteiger partial charge in [0.25, 0.3) is 5.91 Å². The zero-order valence-corrected chi connectivity index (χ0v) is 20.0. The molecule has 2 unspecified atom stereocenters. The van der Waals surface area contributed by atoms with Crippen LogP contribution in [0.2, 0.25) is 0 Å². The van der Waals surface area contributed by atoms with Gasteiger partial charge in [-0.2, -0.15) is 0 Å². The molecule has 0 fully saturated rings. The lowest BCUT2D eigenvalue weighted by atomic mass is 10.0. The number of anilines is 2. The molecule has 3 aromatic rings. The Morgan fingerprint density at radius 2 is 1.59 bits per heavy atom. The summed E-state index contributed by atoms with van der Waals surface area (Å²) >= 11 is 0. The van der Waals surface area contributed by atoms with Crippen molar-refractivity contribution in [2.24, 2.45) is 0 Å². The van der Waals surface area contributed by atoms with Gasteiger partial charge in [-0.3, -0.25) is 19.8 Å². The number of nitrogens with zero attached hydrogens (tertiary/aromatic N) is 1. The predicted octanol–water partition coefficient (Wildman–Crippen LogP) is 4.42. The summed E-state index contributed by atoms with van der Waals surface area (Å²) in [4.78, 5) is 28.0. The molecule has 0 bridgehead atoms. The number of hydrogen-bond acceptors (Lipinski definition) is 4. The van der Waals surface area contributed by atoms with Crippen molar-refractivity contribution in [3.63, 3.8) is 0 Å². The van der Waals surface area contributed by atoms with E-state index < -0.39 is 0 Å². The number of carbonyl (C=O) groups is 2. The Kier molecular flexibility index (Phi) is 7.40. The average molecular weight is 457 g/mol. The third-order valence-electron chi connectivity index (χ3n) is 6.54. The molecule has 1 heterocycles. The summed E-state index contributed by atoms with van der Waals surface area (Å²) < 4.78 is 0. The van der Waals surface area contributed by atoms with Crippen molar-refractivity contribution in [2.45, 2.75) is 38.4 Å². The number of aryl methyl sites for hydroxylation is 1. The number of carbonyl (C=O) groups excluding carboxylic acids is 2. The van der Waals surface area contributed by atoms with Gasteiger partial charge in [0.1, 0.15) is 0 Å². The fraction of sp³-hybridized carbons (Fsp3) is 0.286. The van der Waals surface area contributed by atoms with Crippen LogP contribution in [0.1, 0.15) is 45.9 Å². The van der Waals surface area contributed by atoms with Crippen LogP contribution in [0.15, 0.2) is 72.8 Å². The van der Waals surface area contributed by atoms with E-state index in [-0.39, 0.29) is 24.0 Å². The third kappa shape index (κ3) is 5.03. The lowest BCUT2D eigenvalue weighted by Gasteiger charge is -2.31. The van der Waals surface area contributed by atoms with Crippen molar-refractivity contribution in [2.75, 3.05) is 24.3 Å². The number of rotatable bonds is 6. The zero-order chi connectivity index (χ0) is 24.1. The molecule has 0 saturated carbocycles. The largest absolute Gasteiger partial charge is 0.326 e. The molecule has 3 N–H and O–H groups in total. The van der Waals surface area contributed by atoms with E-state index in [1.807, 2.05) is 68.4 Å². The summed E-state index contributed by atoms with van der Waals surface area (Å²) in [5.41, 5.74) is 5.39. The number of benzene rings is 3. The molecule has 34 heavy (non-hydrogen) atoms. The fourth-order valence-electron chi connectivity index (χ4n) is 4.62. The quantitative estimate of drug-likeness (QED) is 0.513. The van der Waals surface area contributed by atoms with Gasteiger partial charge in [-0.1, -0.05) is 42.5 Å². The number of nitrogens with one attached hydrogen (secondary N) is 3. The molecule has 0 saturated heterocycles. The van der Waals surface area contributed by atoms with Crippen LogP contribution in [-0.4, -0.2) is 32.1 Å². The SMILES string of the molecule is CNC1CCC(NC)N(C(=O)c2ccc(NC(=O)Cc3ccccc3C)cc2)c2ccccc21. The van der Waals surface area contributed by atoms with Gasteiger partial charge in [0.2, 0.25) is 5.91 Å². The van der Waals surface area contributed by atoms with Crippen LogP contribution < -0.4 is 20.9 Å². The molecule has 1 aliphatic rings. The second-order valence-corrected chi connectivity index (χ2v) is 8.69. The highest BCUT2D eigenvalue weighted by molar-refractivity contribution is 6.07. The first kappa shape index (κ1) is 23.7. The van der Waals surface area contributed by atoms with E-state index in [0.717, 1.165) is 35.2 Å². The molecule has 0 aromatic heterocycles. The van der Waals surface area contributed by atoms with Crippen LogP contribution >= 0.6 is 0 Å². The highest BCUT2D eigenvalue weighted by atomic mass is 16.2. The smallest absolute Gasteiger partial charge is 0.259 e. The van der Waals surface area contributed by atoms with Gasteiger partial charge in [-0.05, 0) is 80.9 Å². The monoisotopic (exact) mass is 456 g/mol. The normalized spacial score (nSPS) is 17.6. The molecule has 4 rings (SSSR count). The Morgan fingerprint density at radius 1 is 0.882 bits per heavy atom. The fourth-order valence-corrected chi connectivity index (χ4v) is 4.62. The topological polar surface area (TPSA) is 73.5 Å². The maximum Gasteiger partial charge on any atom is 0.259 e. The van der Waals surface area contributed by atoms with Gasteiger partial charge < -0.3 is 10.6 Å². The van der Waals surface area contributed by atoms with E-state index in [9.17, 15) is 9.59 Å². The van der Waals surface area contributed by atoms with Crippen LogP contribution in [0.5, 0.6) is 0 Å².